The Hall–Kier alpha value is -2.08. The smallest absolute Gasteiger partial charge is 0.416 e. The molecule has 0 saturated carbocycles. The Morgan fingerprint density at radius 3 is 2.52 bits per heavy atom. The summed E-state index contributed by atoms with van der Waals surface area (Å²) in [4.78, 5) is 3.68. The Morgan fingerprint density at radius 1 is 1.24 bits per heavy atom. The molecule has 6 heteroatoms. The lowest BCUT2D eigenvalue weighted by molar-refractivity contribution is -0.139. The van der Waals surface area contributed by atoms with Crippen LogP contribution < -0.4 is 4.74 Å². The van der Waals surface area contributed by atoms with Crippen LogP contribution in [0.4, 0.5) is 13.2 Å². The van der Waals surface area contributed by atoms with Crippen molar-refractivity contribution in [1.82, 2.24) is 4.98 Å². The van der Waals surface area contributed by atoms with Gasteiger partial charge >= 0.3 is 6.18 Å². The van der Waals surface area contributed by atoms with Gasteiger partial charge in [-0.3, -0.25) is 4.98 Å². The number of aliphatic hydroxyl groups is 1. The number of nitrogens with zero attached hydrogens (tertiary/aromatic N) is 1. The number of pyridine rings is 1. The summed E-state index contributed by atoms with van der Waals surface area (Å²) in [5, 5.41) is 10.2. The molecule has 0 fully saturated rings. The Kier molecular flexibility index (Phi) is 4.18. The van der Waals surface area contributed by atoms with Gasteiger partial charge in [0.05, 0.1) is 12.7 Å². The number of methoxy groups -OCH3 is 1. The fourth-order valence-corrected chi connectivity index (χ4v) is 2.13. The van der Waals surface area contributed by atoms with Crippen LogP contribution in [-0.4, -0.2) is 17.2 Å². The molecule has 0 spiro atoms. The highest BCUT2D eigenvalue weighted by atomic mass is 19.4. The maximum Gasteiger partial charge on any atom is 0.416 e. The van der Waals surface area contributed by atoms with Crippen molar-refractivity contribution < 1.29 is 23.0 Å². The molecule has 0 radical (unpaired) electrons. The summed E-state index contributed by atoms with van der Waals surface area (Å²) in [5.41, 5.74) is -0.0775. The van der Waals surface area contributed by atoms with Gasteiger partial charge in [-0.15, -0.1) is 0 Å². The first-order valence-corrected chi connectivity index (χ1v) is 6.18. The van der Waals surface area contributed by atoms with E-state index in [0.717, 1.165) is 24.0 Å². The number of rotatable bonds is 3. The number of halogens is 3. The van der Waals surface area contributed by atoms with Crippen molar-refractivity contribution in [2.45, 2.75) is 19.2 Å². The van der Waals surface area contributed by atoms with Crippen LogP contribution in [0, 0.1) is 6.92 Å². The van der Waals surface area contributed by atoms with E-state index in [9.17, 15) is 18.3 Å². The third kappa shape index (κ3) is 3.16. The number of aromatic nitrogens is 1. The van der Waals surface area contributed by atoms with Gasteiger partial charge in [0.15, 0.2) is 0 Å². The average molecular weight is 297 g/mol. The van der Waals surface area contributed by atoms with Gasteiger partial charge in [0.1, 0.15) is 11.9 Å². The Morgan fingerprint density at radius 2 is 1.95 bits per heavy atom. The van der Waals surface area contributed by atoms with Crippen LogP contribution in [0.1, 0.15) is 28.4 Å². The van der Waals surface area contributed by atoms with Crippen molar-refractivity contribution in [1.29, 1.82) is 0 Å². The Bertz CT molecular complexity index is 641. The molecule has 0 aliphatic heterocycles. The Balaban J connectivity index is 2.45. The van der Waals surface area contributed by atoms with E-state index < -0.39 is 17.8 Å². The van der Waals surface area contributed by atoms with E-state index in [0.29, 0.717) is 11.3 Å². The van der Waals surface area contributed by atoms with Crippen LogP contribution in [0.2, 0.25) is 0 Å². The van der Waals surface area contributed by atoms with Crippen molar-refractivity contribution in [3.8, 4) is 5.75 Å². The minimum absolute atomic E-state index is 0.269. The van der Waals surface area contributed by atoms with Crippen LogP contribution in [0.3, 0.4) is 0 Å². The quantitative estimate of drug-likeness (QED) is 0.943. The van der Waals surface area contributed by atoms with Crippen LogP contribution >= 0.6 is 0 Å². The second-order valence-electron chi connectivity index (χ2n) is 4.59. The summed E-state index contributed by atoms with van der Waals surface area (Å²) >= 11 is 0. The maximum absolute atomic E-state index is 13.0. The predicted molar refractivity (Wildman–Crippen MR) is 71.0 cm³/mol. The van der Waals surface area contributed by atoms with Gasteiger partial charge in [-0.2, -0.15) is 13.2 Å². The highest BCUT2D eigenvalue weighted by Crippen LogP contribution is 2.36. The van der Waals surface area contributed by atoms with Crippen LogP contribution in [0.5, 0.6) is 5.75 Å². The van der Waals surface area contributed by atoms with Crippen LogP contribution in [-0.2, 0) is 6.18 Å². The van der Waals surface area contributed by atoms with E-state index in [1.54, 1.807) is 19.1 Å². The lowest BCUT2D eigenvalue weighted by Crippen LogP contribution is -2.13. The maximum atomic E-state index is 13.0. The molecule has 0 bridgehead atoms. The number of alkyl halides is 3. The number of aryl methyl sites for hydroxylation is 1. The standard InChI is InChI=1S/C15H14F3NO2/c1-9-7-10(3-4-13(9)21-2)14(20)11-8-19-6-5-12(11)15(16,17)18/h3-8,14,20H,1-2H3. The first kappa shape index (κ1) is 15.3. The lowest BCUT2D eigenvalue weighted by atomic mass is 9.97. The second kappa shape index (κ2) is 5.73. The molecule has 3 nitrogen and oxygen atoms in total. The minimum atomic E-state index is -4.54. The molecule has 1 atom stereocenters. The lowest BCUT2D eigenvalue weighted by Gasteiger charge is -2.18. The molecule has 2 aromatic rings. The van der Waals surface area contributed by atoms with E-state index in [1.807, 2.05) is 0 Å². The van der Waals surface area contributed by atoms with Gasteiger partial charge in [0.25, 0.3) is 0 Å². The summed E-state index contributed by atoms with van der Waals surface area (Å²) in [5.74, 6) is 0.605. The van der Waals surface area contributed by atoms with Gasteiger partial charge in [0, 0.05) is 18.0 Å². The van der Waals surface area contributed by atoms with Gasteiger partial charge < -0.3 is 9.84 Å². The van der Waals surface area contributed by atoms with Crippen molar-refractivity contribution in [3.05, 3.63) is 58.9 Å². The molecule has 1 N–H and O–H groups in total. The van der Waals surface area contributed by atoms with E-state index in [2.05, 4.69) is 4.98 Å². The zero-order valence-electron chi connectivity index (χ0n) is 11.5. The number of hydrogen-bond acceptors (Lipinski definition) is 3. The molecular weight excluding hydrogens is 283 g/mol. The molecule has 21 heavy (non-hydrogen) atoms. The average Bonchev–Trinajstić information content (AvgIpc) is 2.45. The fraction of sp³-hybridized carbons (Fsp3) is 0.267. The van der Waals surface area contributed by atoms with E-state index in [-0.39, 0.29) is 5.56 Å². The van der Waals surface area contributed by atoms with Gasteiger partial charge in [-0.1, -0.05) is 6.07 Å². The largest absolute Gasteiger partial charge is 0.496 e. The topological polar surface area (TPSA) is 42.4 Å². The number of aliphatic hydroxyl groups excluding tert-OH is 1. The zero-order valence-corrected chi connectivity index (χ0v) is 11.5. The van der Waals surface area contributed by atoms with Gasteiger partial charge in [-0.25, -0.2) is 0 Å². The molecular formula is C15H14F3NO2. The molecule has 0 aliphatic rings. The summed E-state index contributed by atoms with van der Waals surface area (Å²) in [6.07, 6.45) is -3.86. The normalized spacial score (nSPS) is 13.0. The molecule has 2 rings (SSSR count). The summed E-state index contributed by atoms with van der Waals surface area (Å²) < 4.78 is 44.0. The second-order valence-corrected chi connectivity index (χ2v) is 4.59. The third-order valence-electron chi connectivity index (χ3n) is 3.19. The summed E-state index contributed by atoms with van der Waals surface area (Å²) in [6, 6.07) is 5.59. The molecule has 1 heterocycles. The first-order chi connectivity index (χ1) is 9.84. The molecule has 1 aromatic heterocycles. The van der Waals surface area contributed by atoms with Gasteiger partial charge in [-0.05, 0) is 36.2 Å². The highest BCUT2D eigenvalue weighted by Gasteiger charge is 2.35. The van der Waals surface area contributed by atoms with Crippen molar-refractivity contribution in [3.63, 3.8) is 0 Å². The first-order valence-electron chi connectivity index (χ1n) is 6.18. The zero-order chi connectivity index (χ0) is 15.6. The van der Waals surface area contributed by atoms with Crippen LogP contribution in [0.25, 0.3) is 0 Å². The Labute approximate surface area is 120 Å². The number of hydrogen-bond donors (Lipinski definition) is 1. The van der Waals surface area contributed by atoms with Crippen LogP contribution in [0.15, 0.2) is 36.7 Å². The molecule has 0 amide bonds. The molecule has 1 aromatic carbocycles. The molecule has 0 aliphatic carbocycles. The van der Waals surface area contributed by atoms with E-state index in [1.165, 1.54) is 13.2 Å². The molecule has 1 unspecified atom stereocenters. The molecule has 112 valence electrons. The van der Waals surface area contributed by atoms with Crippen molar-refractivity contribution in [2.24, 2.45) is 0 Å². The third-order valence-corrected chi connectivity index (χ3v) is 3.19. The van der Waals surface area contributed by atoms with Gasteiger partial charge in [0.2, 0.25) is 0 Å². The van der Waals surface area contributed by atoms with E-state index in [4.69, 9.17) is 4.74 Å². The van der Waals surface area contributed by atoms with Crippen molar-refractivity contribution in [2.75, 3.05) is 7.11 Å². The highest BCUT2D eigenvalue weighted by molar-refractivity contribution is 5.41. The monoisotopic (exact) mass is 297 g/mol. The van der Waals surface area contributed by atoms with E-state index >= 15 is 0 Å². The summed E-state index contributed by atoms with van der Waals surface area (Å²) in [7, 11) is 1.50. The summed E-state index contributed by atoms with van der Waals surface area (Å²) in [6.45, 7) is 1.75. The number of benzene rings is 1. The fourth-order valence-electron chi connectivity index (χ4n) is 2.13. The predicted octanol–water partition coefficient (Wildman–Crippen LogP) is 3.50. The molecule has 0 saturated heterocycles. The SMILES string of the molecule is COc1ccc(C(O)c2cnccc2C(F)(F)F)cc1C. The number of ether oxygens (including phenoxy) is 1. The van der Waals surface area contributed by atoms with Crippen molar-refractivity contribution >= 4 is 0 Å². The minimum Gasteiger partial charge on any atom is -0.496 e.